The van der Waals surface area contributed by atoms with Crippen LogP contribution in [0.15, 0.2) is 41.5 Å². The van der Waals surface area contributed by atoms with Crippen molar-refractivity contribution in [2.45, 2.75) is 65.0 Å². The first kappa shape index (κ1) is 23.2. The summed E-state index contributed by atoms with van der Waals surface area (Å²) in [7, 11) is 0. The lowest BCUT2D eigenvalue weighted by atomic mass is 9.49. The van der Waals surface area contributed by atoms with Gasteiger partial charge in [0.05, 0.1) is 12.5 Å². The summed E-state index contributed by atoms with van der Waals surface area (Å²) in [6.07, 6.45) is 2.85. The van der Waals surface area contributed by atoms with Gasteiger partial charge in [-0.25, -0.2) is 4.79 Å². The predicted octanol–water partition coefficient (Wildman–Crippen LogP) is 3.43. The lowest BCUT2D eigenvalue weighted by molar-refractivity contribution is -0.162. The lowest BCUT2D eigenvalue weighted by Gasteiger charge is -2.54. The van der Waals surface area contributed by atoms with Crippen molar-refractivity contribution in [3.63, 3.8) is 0 Å². The van der Waals surface area contributed by atoms with E-state index in [1.54, 1.807) is 0 Å². The third-order valence-corrected chi connectivity index (χ3v) is 7.73. The second-order valence-corrected chi connectivity index (χ2v) is 10.1. The van der Waals surface area contributed by atoms with E-state index in [1.165, 1.54) is 6.92 Å². The van der Waals surface area contributed by atoms with Crippen LogP contribution in [0.25, 0.3) is 0 Å². The molecule has 1 aromatic carbocycles. The van der Waals surface area contributed by atoms with Gasteiger partial charge in [0.25, 0.3) is 0 Å². The van der Waals surface area contributed by atoms with E-state index >= 15 is 0 Å². The van der Waals surface area contributed by atoms with Crippen LogP contribution in [-0.4, -0.2) is 36.8 Å². The van der Waals surface area contributed by atoms with E-state index in [0.717, 1.165) is 29.4 Å². The smallest absolute Gasteiger partial charge is 0.334 e. The molecule has 2 aliphatic carbocycles. The lowest BCUT2D eigenvalue weighted by Crippen LogP contribution is -2.52. The summed E-state index contributed by atoms with van der Waals surface area (Å²) in [5, 5.41) is 2.82. The van der Waals surface area contributed by atoms with E-state index in [9.17, 15) is 19.2 Å². The quantitative estimate of drug-likeness (QED) is 0.523. The molecular formula is C26H31NO6. The third-order valence-electron chi connectivity index (χ3n) is 7.73. The second-order valence-electron chi connectivity index (χ2n) is 10.1. The molecule has 0 saturated heterocycles. The predicted molar refractivity (Wildman–Crippen MR) is 120 cm³/mol. The van der Waals surface area contributed by atoms with E-state index in [1.807, 2.05) is 37.3 Å². The number of cyclic esters (lactones) is 1. The van der Waals surface area contributed by atoms with Crippen molar-refractivity contribution >= 4 is 24.1 Å². The highest BCUT2D eigenvalue weighted by Gasteiger charge is 2.58. The van der Waals surface area contributed by atoms with Crippen LogP contribution in [0.5, 0.6) is 0 Å². The summed E-state index contributed by atoms with van der Waals surface area (Å²) in [5.41, 5.74) is 1.39. The first-order valence-corrected chi connectivity index (χ1v) is 11.5. The first-order valence-electron chi connectivity index (χ1n) is 11.5. The maximum absolute atomic E-state index is 13.0. The Morgan fingerprint density at radius 2 is 1.97 bits per heavy atom. The van der Waals surface area contributed by atoms with Gasteiger partial charge in [-0.3, -0.25) is 9.59 Å². The normalized spacial score (nSPS) is 31.7. The van der Waals surface area contributed by atoms with Crippen LogP contribution in [0, 0.1) is 16.7 Å². The molecule has 7 nitrogen and oxygen atoms in total. The van der Waals surface area contributed by atoms with Crippen molar-refractivity contribution in [2.24, 2.45) is 16.7 Å². The Bertz CT molecular complexity index is 1000. The molecule has 1 saturated carbocycles. The molecule has 1 N–H and O–H groups in total. The number of rotatable bonds is 6. The zero-order chi connectivity index (χ0) is 23.8. The Hall–Kier alpha value is -2.96. The van der Waals surface area contributed by atoms with Crippen LogP contribution < -0.4 is 5.32 Å². The monoisotopic (exact) mass is 453 g/mol. The summed E-state index contributed by atoms with van der Waals surface area (Å²) >= 11 is 0. The van der Waals surface area contributed by atoms with Crippen molar-refractivity contribution in [2.75, 3.05) is 6.61 Å². The average molecular weight is 454 g/mol. The molecule has 3 aliphatic rings. The summed E-state index contributed by atoms with van der Waals surface area (Å²) in [4.78, 5) is 49.1. The number of carbonyl (C=O) groups is 4. The minimum atomic E-state index is -0.668. The van der Waals surface area contributed by atoms with E-state index in [-0.39, 0.29) is 30.8 Å². The molecule has 33 heavy (non-hydrogen) atoms. The number of esters is 2. The van der Waals surface area contributed by atoms with Crippen LogP contribution in [0.3, 0.4) is 0 Å². The van der Waals surface area contributed by atoms with Gasteiger partial charge >= 0.3 is 11.9 Å². The van der Waals surface area contributed by atoms with Crippen molar-refractivity contribution in [3.8, 4) is 0 Å². The minimum Gasteiger partial charge on any atom is -0.462 e. The molecule has 1 heterocycles. The Morgan fingerprint density at radius 3 is 2.64 bits per heavy atom. The van der Waals surface area contributed by atoms with Gasteiger partial charge in [0, 0.05) is 17.9 Å². The van der Waals surface area contributed by atoms with Crippen LogP contribution in [0.4, 0.5) is 0 Å². The van der Waals surface area contributed by atoms with E-state index in [2.05, 4.69) is 12.2 Å². The molecule has 7 heteroatoms. The number of fused-ring (bicyclic) bond motifs is 2. The van der Waals surface area contributed by atoms with Gasteiger partial charge in [0.1, 0.15) is 19.0 Å². The molecule has 4 rings (SSSR count). The minimum absolute atomic E-state index is 0.00637. The standard InChI is InChI=1S/C26H31NO6/c1-16(29)27-21(17-7-5-4-6-8-17)11-23(30)33-18-12-25(2,15-28)22-10-9-19-20(14-32-24(19)31)26(22,3)13-18/h4-8,15,18,21-22H,9-14H2,1-3H3,(H,27,29)/t18-,21-,22+,25-,26-/m1/s1. The molecule has 0 spiro atoms. The Labute approximate surface area is 193 Å². The molecule has 1 aromatic rings. The van der Waals surface area contributed by atoms with Gasteiger partial charge in [-0.1, -0.05) is 44.2 Å². The Kier molecular flexibility index (Phi) is 6.16. The molecule has 5 atom stereocenters. The Morgan fingerprint density at radius 1 is 1.24 bits per heavy atom. The van der Waals surface area contributed by atoms with Gasteiger partial charge in [0.15, 0.2) is 0 Å². The van der Waals surface area contributed by atoms with Gasteiger partial charge in [-0.05, 0) is 48.2 Å². The van der Waals surface area contributed by atoms with Crippen LogP contribution >= 0.6 is 0 Å². The van der Waals surface area contributed by atoms with Gasteiger partial charge < -0.3 is 19.6 Å². The number of carbonyl (C=O) groups excluding carboxylic acids is 4. The van der Waals surface area contributed by atoms with Crippen molar-refractivity contribution < 1.29 is 28.7 Å². The number of amides is 1. The summed E-state index contributed by atoms with van der Waals surface area (Å²) < 4.78 is 11.2. The van der Waals surface area contributed by atoms with Gasteiger partial charge in [-0.15, -0.1) is 0 Å². The number of aldehydes is 1. The van der Waals surface area contributed by atoms with Gasteiger partial charge in [-0.2, -0.15) is 0 Å². The largest absolute Gasteiger partial charge is 0.462 e. The number of benzene rings is 1. The summed E-state index contributed by atoms with van der Waals surface area (Å²) in [6, 6.07) is 8.80. The van der Waals surface area contributed by atoms with Gasteiger partial charge in [0.2, 0.25) is 5.91 Å². The maximum Gasteiger partial charge on any atom is 0.334 e. The highest BCUT2D eigenvalue weighted by Crippen LogP contribution is 2.60. The van der Waals surface area contributed by atoms with Crippen LogP contribution in [-0.2, 0) is 28.7 Å². The van der Waals surface area contributed by atoms with Crippen LogP contribution in [0.1, 0.15) is 64.5 Å². The number of hydrogen-bond acceptors (Lipinski definition) is 6. The SMILES string of the molecule is CC(=O)N[C@H](CC(=O)O[C@@H]1C[C@](C)(C=O)[C@@H]2CCC3=C(COC3=O)[C@@]2(C)C1)c1ccccc1. The number of hydrogen-bond donors (Lipinski definition) is 1. The van der Waals surface area contributed by atoms with Crippen LogP contribution in [0.2, 0.25) is 0 Å². The molecule has 0 aromatic heterocycles. The zero-order valence-corrected chi connectivity index (χ0v) is 19.4. The first-order chi connectivity index (χ1) is 15.7. The molecule has 0 radical (unpaired) electrons. The third kappa shape index (κ3) is 4.33. The fraction of sp³-hybridized carbons (Fsp3) is 0.538. The Balaban J connectivity index is 1.54. The maximum atomic E-state index is 13.0. The summed E-state index contributed by atoms with van der Waals surface area (Å²) in [5.74, 6) is -0.868. The fourth-order valence-electron chi connectivity index (χ4n) is 6.31. The average Bonchev–Trinajstić information content (AvgIpc) is 3.15. The molecule has 1 fully saturated rings. The van der Waals surface area contributed by atoms with Crippen molar-refractivity contribution in [1.82, 2.24) is 5.32 Å². The molecule has 176 valence electrons. The highest BCUT2D eigenvalue weighted by molar-refractivity contribution is 5.92. The molecule has 0 bridgehead atoms. The van der Waals surface area contributed by atoms with E-state index in [4.69, 9.17) is 9.47 Å². The summed E-state index contributed by atoms with van der Waals surface area (Å²) in [6.45, 7) is 5.66. The molecule has 0 unspecified atom stereocenters. The van der Waals surface area contributed by atoms with E-state index < -0.39 is 28.9 Å². The molecule has 1 amide bonds. The number of ether oxygens (including phenoxy) is 2. The second kappa shape index (κ2) is 8.76. The fourth-order valence-corrected chi connectivity index (χ4v) is 6.31. The van der Waals surface area contributed by atoms with E-state index in [0.29, 0.717) is 19.3 Å². The highest BCUT2D eigenvalue weighted by atomic mass is 16.5. The van der Waals surface area contributed by atoms with Crippen molar-refractivity contribution in [3.05, 3.63) is 47.0 Å². The molecule has 1 aliphatic heterocycles. The molecular weight excluding hydrogens is 422 g/mol. The number of nitrogens with one attached hydrogen (secondary N) is 1. The topological polar surface area (TPSA) is 98.8 Å². The van der Waals surface area contributed by atoms with Crippen molar-refractivity contribution in [1.29, 1.82) is 0 Å². The zero-order valence-electron chi connectivity index (χ0n) is 19.4.